The minimum Gasteiger partial charge on any atom is -0.494 e. The van der Waals surface area contributed by atoms with Gasteiger partial charge >= 0.3 is 0 Å². The van der Waals surface area contributed by atoms with Gasteiger partial charge in [0.2, 0.25) is 0 Å². The zero-order valence-electron chi connectivity index (χ0n) is 19.9. The number of nitrogens with one attached hydrogen (secondary N) is 1. The van der Waals surface area contributed by atoms with Crippen LogP contribution in [-0.4, -0.2) is 51.2 Å². The van der Waals surface area contributed by atoms with E-state index in [9.17, 15) is 4.79 Å². The number of thiazole rings is 1. The van der Waals surface area contributed by atoms with E-state index in [2.05, 4.69) is 31.3 Å². The zero-order valence-corrected chi connectivity index (χ0v) is 21.5. The van der Waals surface area contributed by atoms with E-state index in [1.54, 1.807) is 19.4 Å². The Hall–Kier alpha value is -3.47. The van der Waals surface area contributed by atoms with Crippen LogP contribution in [0.2, 0.25) is 5.15 Å². The molecular weight excluding hydrogens is 500 g/mol. The van der Waals surface area contributed by atoms with E-state index < -0.39 is 0 Å². The molecule has 36 heavy (non-hydrogen) atoms. The fourth-order valence-electron chi connectivity index (χ4n) is 4.11. The lowest BCUT2D eigenvalue weighted by molar-refractivity contribution is 0.0964. The molecule has 0 aromatic carbocycles. The summed E-state index contributed by atoms with van der Waals surface area (Å²) in [5, 5.41) is 3.56. The van der Waals surface area contributed by atoms with Crippen LogP contribution in [0.25, 0.3) is 27.2 Å². The van der Waals surface area contributed by atoms with Crippen molar-refractivity contribution in [1.29, 1.82) is 0 Å². The monoisotopic (exact) mass is 522 g/mol. The lowest BCUT2D eigenvalue weighted by Crippen LogP contribution is -2.14. The summed E-state index contributed by atoms with van der Waals surface area (Å²) in [5.74, 6) is 0.126. The molecule has 0 bridgehead atoms. The third-order valence-corrected chi connectivity index (χ3v) is 7.06. The second-order valence-electron chi connectivity index (χ2n) is 8.30. The lowest BCUT2D eigenvalue weighted by atomic mass is 9.95. The van der Waals surface area contributed by atoms with Crippen molar-refractivity contribution in [3.63, 3.8) is 0 Å². The number of rotatable bonds is 6. The van der Waals surface area contributed by atoms with Crippen molar-refractivity contribution in [1.82, 2.24) is 24.9 Å². The minimum absolute atomic E-state index is 0.250. The Morgan fingerprint density at radius 3 is 2.72 bits per heavy atom. The molecule has 4 aromatic heterocycles. The van der Waals surface area contributed by atoms with Crippen LogP contribution in [0.15, 0.2) is 36.8 Å². The van der Waals surface area contributed by atoms with Gasteiger partial charge in [0.25, 0.3) is 5.91 Å². The first-order valence-corrected chi connectivity index (χ1v) is 12.5. The molecule has 0 spiro atoms. The molecule has 0 saturated heterocycles. The number of aromatic nitrogens is 5. The van der Waals surface area contributed by atoms with Gasteiger partial charge in [-0.25, -0.2) is 15.0 Å². The Bertz CT molecular complexity index is 1490. The summed E-state index contributed by atoms with van der Waals surface area (Å²) >= 11 is 7.41. The molecule has 1 unspecified atom stereocenters. The highest BCUT2D eigenvalue weighted by Gasteiger charge is 2.21. The normalized spacial score (nSPS) is 15.6. The molecule has 0 aliphatic heterocycles. The van der Waals surface area contributed by atoms with Gasteiger partial charge in [-0.15, -0.1) is 0 Å². The number of allylic oxidation sites excluding steroid dienone is 1. The highest BCUT2D eigenvalue weighted by Crippen LogP contribution is 2.35. The number of carbonyl (C=O) groups is 1. The van der Waals surface area contributed by atoms with Crippen LogP contribution in [-0.2, 0) is 4.74 Å². The molecule has 4 heterocycles. The van der Waals surface area contributed by atoms with E-state index >= 15 is 0 Å². The van der Waals surface area contributed by atoms with Gasteiger partial charge in [0.15, 0.2) is 15.6 Å². The number of halogens is 1. The van der Waals surface area contributed by atoms with Crippen LogP contribution < -0.4 is 10.1 Å². The molecule has 11 heteroatoms. The first-order chi connectivity index (χ1) is 17.4. The Morgan fingerprint density at radius 1 is 1.11 bits per heavy atom. The van der Waals surface area contributed by atoms with Crippen LogP contribution in [0, 0.1) is 6.92 Å². The standard InChI is InChI=1S/C25H23ClN6O3S/c1-13-8-16(17-9-21(26)28-12-20(17)35-3)18(10-27-13)23(33)32-25-31-22-24(36-25)30-19(11-29-22)14-4-6-15(34-2)7-5-14/h4,8-12,15H,5-7H2,1-3H3,(H,29,31,32,33). The molecule has 0 saturated carbocycles. The molecule has 1 aliphatic rings. The Balaban J connectivity index is 1.43. The third kappa shape index (κ3) is 4.92. The summed E-state index contributed by atoms with van der Waals surface area (Å²) in [7, 11) is 3.28. The Morgan fingerprint density at radius 2 is 1.97 bits per heavy atom. The van der Waals surface area contributed by atoms with Crippen molar-refractivity contribution < 1.29 is 14.3 Å². The Kier molecular flexibility index (Phi) is 6.90. The van der Waals surface area contributed by atoms with Gasteiger partial charge < -0.3 is 9.47 Å². The molecule has 5 rings (SSSR count). The number of amides is 1. The van der Waals surface area contributed by atoms with Gasteiger partial charge in [0.1, 0.15) is 10.9 Å². The molecule has 1 atom stereocenters. The molecule has 1 N–H and O–H groups in total. The fraction of sp³-hybridized carbons (Fsp3) is 0.280. The maximum absolute atomic E-state index is 13.3. The number of fused-ring (bicyclic) bond motifs is 1. The molecule has 0 fully saturated rings. The fourth-order valence-corrected chi connectivity index (χ4v) is 5.06. The Labute approximate surface area is 216 Å². The lowest BCUT2D eigenvalue weighted by Gasteiger charge is -2.19. The van der Waals surface area contributed by atoms with E-state index in [1.165, 1.54) is 30.8 Å². The van der Waals surface area contributed by atoms with Gasteiger partial charge in [-0.3, -0.25) is 15.1 Å². The number of carbonyl (C=O) groups excluding carboxylic acids is 1. The second-order valence-corrected chi connectivity index (χ2v) is 9.66. The number of hydrogen-bond donors (Lipinski definition) is 1. The van der Waals surface area contributed by atoms with E-state index in [4.69, 9.17) is 26.1 Å². The predicted molar refractivity (Wildman–Crippen MR) is 140 cm³/mol. The van der Waals surface area contributed by atoms with Crippen molar-refractivity contribution in [3.05, 3.63) is 58.9 Å². The van der Waals surface area contributed by atoms with Crippen molar-refractivity contribution >= 4 is 50.0 Å². The maximum Gasteiger partial charge on any atom is 0.259 e. The van der Waals surface area contributed by atoms with E-state index in [0.717, 1.165) is 36.2 Å². The van der Waals surface area contributed by atoms with Gasteiger partial charge in [-0.05, 0) is 43.9 Å². The third-order valence-electron chi connectivity index (χ3n) is 6.00. The molecule has 4 aromatic rings. The van der Waals surface area contributed by atoms with E-state index in [0.29, 0.717) is 38.0 Å². The highest BCUT2D eigenvalue weighted by molar-refractivity contribution is 7.21. The predicted octanol–water partition coefficient (Wildman–Crippen LogP) is 5.35. The molecule has 1 aliphatic carbocycles. The average molecular weight is 523 g/mol. The number of anilines is 1. The van der Waals surface area contributed by atoms with Crippen LogP contribution >= 0.6 is 22.9 Å². The summed E-state index contributed by atoms with van der Waals surface area (Å²) in [5.41, 5.74) is 4.81. The SMILES string of the molecule is COc1cnc(Cl)cc1-c1cc(C)ncc1C(=O)Nc1nc2ncc(C3=CCC(OC)CC3)nc2s1. The van der Waals surface area contributed by atoms with Crippen molar-refractivity contribution in [2.24, 2.45) is 0 Å². The van der Waals surface area contributed by atoms with Crippen molar-refractivity contribution in [2.75, 3.05) is 19.5 Å². The number of nitrogens with zero attached hydrogens (tertiary/aromatic N) is 5. The molecule has 1 amide bonds. The van der Waals surface area contributed by atoms with Gasteiger partial charge in [0, 0.05) is 30.1 Å². The van der Waals surface area contributed by atoms with Crippen LogP contribution in [0.1, 0.15) is 41.0 Å². The van der Waals surface area contributed by atoms with E-state index in [-0.39, 0.29) is 17.2 Å². The van der Waals surface area contributed by atoms with Crippen LogP contribution in [0.4, 0.5) is 5.13 Å². The van der Waals surface area contributed by atoms with Gasteiger partial charge in [0.05, 0.1) is 36.9 Å². The molecule has 0 radical (unpaired) electrons. The number of aryl methyl sites for hydroxylation is 1. The number of ether oxygens (including phenoxy) is 2. The molecule has 184 valence electrons. The largest absolute Gasteiger partial charge is 0.494 e. The topological polar surface area (TPSA) is 112 Å². The number of methoxy groups -OCH3 is 2. The maximum atomic E-state index is 13.3. The first kappa shape index (κ1) is 24.2. The van der Waals surface area contributed by atoms with Gasteiger partial charge in [-0.2, -0.15) is 4.98 Å². The van der Waals surface area contributed by atoms with Crippen molar-refractivity contribution in [2.45, 2.75) is 32.3 Å². The van der Waals surface area contributed by atoms with E-state index in [1.807, 2.05) is 13.0 Å². The smallest absolute Gasteiger partial charge is 0.259 e. The minimum atomic E-state index is -0.368. The summed E-state index contributed by atoms with van der Waals surface area (Å²) in [6.07, 6.45) is 9.87. The van der Waals surface area contributed by atoms with Crippen LogP contribution in [0.3, 0.4) is 0 Å². The summed E-state index contributed by atoms with van der Waals surface area (Å²) < 4.78 is 10.9. The second kappa shape index (κ2) is 10.3. The highest BCUT2D eigenvalue weighted by atomic mass is 35.5. The summed E-state index contributed by atoms with van der Waals surface area (Å²) in [4.78, 5) is 36.0. The number of hydrogen-bond acceptors (Lipinski definition) is 9. The molecular formula is C25H23ClN6O3S. The first-order valence-electron chi connectivity index (χ1n) is 11.3. The number of pyridine rings is 2. The van der Waals surface area contributed by atoms with Crippen LogP contribution in [0.5, 0.6) is 5.75 Å². The molecule has 9 nitrogen and oxygen atoms in total. The average Bonchev–Trinajstić information content (AvgIpc) is 3.30. The van der Waals surface area contributed by atoms with Crippen molar-refractivity contribution in [3.8, 4) is 16.9 Å². The summed E-state index contributed by atoms with van der Waals surface area (Å²) in [6.45, 7) is 1.85. The van der Waals surface area contributed by atoms with Gasteiger partial charge in [-0.1, -0.05) is 29.0 Å². The zero-order chi connectivity index (χ0) is 25.2. The quantitative estimate of drug-likeness (QED) is 0.337. The summed E-state index contributed by atoms with van der Waals surface area (Å²) in [6, 6.07) is 3.47.